The lowest BCUT2D eigenvalue weighted by molar-refractivity contribution is -0.222. The molecule has 1 saturated carbocycles. The van der Waals surface area contributed by atoms with Crippen LogP contribution in [0.4, 0.5) is 13.2 Å². The van der Waals surface area contributed by atoms with Crippen LogP contribution in [0, 0.1) is 11.8 Å². The maximum atomic E-state index is 12.3. The number of hydrogen-bond donors (Lipinski definition) is 2. The van der Waals surface area contributed by atoms with Crippen LogP contribution in [0.5, 0.6) is 0 Å². The van der Waals surface area contributed by atoms with Gasteiger partial charge in [-0.15, -0.1) is 0 Å². The van der Waals surface area contributed by atoms with Gasteiger partial charge in [0.1, 0.15) is 0 Å². The lowest BCUT2D eigenvalue weighted by atomic mass is 9.76. The molecular weight excluding hydrogens is 219 g/mol. The summed E-state index contributed by atoms with van der Waals surface area (Å²) < 4.78 is 36.9. The van der Waals surface area contributed by atoms with Crippen LogP contribution in [0.15, 0.2) is 0 Å². The molecule has 2 atom stereocenters. The van der Waals surface area contributed by atoms with Crippen molar-refractivity contribution in [3.63, 3.8) is 0 Å². The average molecular weight is 239 g/mol. The fraction of sp³-hybridized carbons (Fsp3) is 1.00. The molecule has 0 heterocycles. The predicted molar refractivity (Wildman–Crippen MR) is 56.0 cm³/mol. The number of nitrogens with one attached hydrogen (secondary N) is 1. The van der Waals surface area contributed by atoms with Crippen LogP contribution in [-0.2, 0) is 0 Å². The Balaban J connectivity index is 2.43. The summed E-state index contributed by atoms with van der Waals surface area (Å²) in [6.07, 6.45) is -4.14. The fourth-order valence-corrected chi connectivity index (χ4v) is 2.46. The van der Waals surface area contributed by atoms with E-state index in [1.165, 1.54) is 0 Å². The zero-order chi connectivity index (χ0) is 12.3. The minimum absolute atomic E-state index is 0.337. The van der Waals surface area contributed by atoms with Gasteiger partial charge in [-0.05, 0) is 51.5 Å². The first kappa shape index (κ1) is 13.8. The quantitative estimate of drug-likeness (QED) is 0.792. The van der Waals surface area contributed by atoms with E-state index >= 15 is 0 Å². The maximum Gasteiger partial charge on any atom is 0.414 e. The summed E-state index contributed by atoms with van der Waals surface area (Å²) in [7, 11) is 1.86. The highest BCUT2D eigenvalue weighted by Gasteiger charge is 2.44. The van der Waals surface area contributed by atoms with Crippen molar-refractivity contribution in [3.8, 4) is 0 Å². The van der Waals surface area contributed by atoms with Gasteiger partial charge in [-0.1, -0.05) is 0 Å². The zero-order valence-electron chi connectivity index (χ0n) is 9.72. The molecule has 0 bridgehead atoms. The zero-order valence-corrected chi connectivity index (χ0v) is 9.72. The number of aliphatic hydroxyl groups excluding tert-OH is 1. The van der Waals surface area contributed by atoms with Gasteiger partial charge in [-0.25, -0.2) is 0 Å². The van der Waals surface area contributed by atoms with Crippen LogP contribution < -0.4 is 5.32 Å². The Morgan fingerprint density at radius 2 is 1.56 bits per heavy atom. The summed E-state index contributed by atoms with van der Waals surface area (Å²) in [5, 5.41) is 12.3. The first-order valence-corrected chi connectivity index (χ1v) is 5.78. The largest absolute Gasteiger partial charge is 0.414 e. The molecule has 5 heteroatoms. The molecule has 2 nitrogen and oxygen atoms in total. The molecule has 1 fully saturated rings. The standard InChI is InChI=1S/C11H20F3NO/c1-7(15-2)8-3-5-9(6-4-8)10(16)11(12,13)14/h7-10,15-16H,3-6H2,1-2H3. The topological polar surface area (TPSA) is 32.3 Å². The highest BCUT2D eigenvalue weighted by molar-refractivity contribution is 4.84. The molecule has 1 aliphatic rings. The van der Waals surface area contributed by atoms with Gasteiger partial charge in [0.25, 0.3) is 0 Å². The molecule has 0 aromatic heterocycles. The molecule has 2 N–H and O–H groups in total. The number of rotatable bonds is 3. The molecule has 1 aliphatic carbocycles. The van der Waals surface area contributed by atoms with Crippen molar-refractivity contribution in [3.05, 3.63) is 0 Å². The number of aliphatic hydroxyl groups is 1. The van der Waals surface area contributed by atoms with Crippen LogP contribution in [0.2, 0.25) is 0 Å². The summed E-state index contributed by atoms with van der Waals surface area (Å²) in [6.45, 7) is 2.05. The maximum absolute atomic E-state index is 12.3. The Hall–Kier alpha value is -0.290. The van der Waals surface area contributed by atoms with Crippen molar-refractivity contribution < 1.29 is 18.3 Å². The second-order valence-corrected chi connectivity index (χ2v) is 4.74. The van der Waals surface area contributed by atoms with E-state index in [9.17, 15) is 13.2 Å². The summed E-state index contributed by atoms with van der Waals surface area (Å²) in [5.74, 6) is -0.179. The second-order valence-electron chi connectivity index (χ2n) is 4.74. The molecule has 0 amide bonds. The van der Waals surface area contributed by atoms with Gasteiger partial charge in [0.15, 0.2) is 6.10 Å². The van der Waals surface area contributed by atoms with Crippen molar-refractivity contribution in [1.82, 2.24) is 5.32 Å². The van der Waals surface area contributed by atoms with E-state index < -0.39 is 18.2 Å². The van der Waals surface area contributed by atoms with E-state index in [0.717, 1.165) is 12.8 Å². The lowest BCUT2D eigenvalue weighted by Gasteiger charge is -2.34. The molecule has 0 radical (unpaired) electrons. The monoisotopic (exact) mass is 239 g/mol. The van der Waals surface area contributed by atoms with Crippen LogP contribution in [-0.4, -0.2) is 30.5 Å². The Morgan fingerprint density at radius 3 is 1.94 bits per heavy atom. The molecule has 0 aromatic carbocycles. The molecular formula is C11H20F3NO. The van der Waals surface area contributed by atoms with E-state index in [4.69, 9.17) is 5.11 Å². The van der Waals surface area contributed by atoms with Gasteiger partial charge in [-0.2, -0.15) is 13.2 Å². The Kier molecular flexibility index (Phi) is 4.62. The highest BCUT2D eigenvalue weighted by atomic mass is 19.4. The van der Waals surface area contributed by atoms with E-state index in [-0.39, 0.29) is 0 Å². The normalized spacial score (nSPS) is 31.1. The second kappa shape index (κ2) is 5.36. The summed E-state index contributed by atoms with van der Waals surface area (Å²) >= 11 is 0. The third-order valence-corrected chi connectivity index (χ3v) is 3.76. The summed E-state index contributed by atoms with van der Waals surface area (Å²) in [5.41, 5.74) is 0. The van der Waals surface area contributed by atoms with Crippen molar-refractivity contribution >= 4 is 0 Å². The van der Waals surface area contributed by atoms with Gasteiger partial charge in [0, 0.05) is 6.04 Å². The molecule has 2 unspecified atom stereocenters. The third kappa shape index (κ3) is 3.35. The molecule has 0 spiro atoms. The van der Waals surface area contributed by atoms with Crippen molar-refractivity contribution in [2.45, 2.75) is 50.9 Å². The molecule has 0 aromatic rings. The van der Waals surface area contributed by atoms with E-state index in [0.29, 0.717) is 24.8 Å². The van der Waals surface area contributed by atoms with Gasteiger partial charge in [0.2, 0.25) is 0 Å². The predicted octanol–water partition coefficient (Wildman–Crippen LogP) is 2.32. The van der Waals surface area contributed by atoms with E-state index in [2.05, 4.69) is 5.32 Å². The van der Waals surface area contributed by atoms with Crippen LogP contribution >= 0.6 is 0 Å². The van der Waals surface area contributed by atoms with Gasteiger partial charge >= 0.3 is 6.18 Å². The molecule has 16 heavy (non-hydrogen) atoms. The first-order valence-electron chi connectivity index (χ1n) is 5.78. The number of halogens is 3. The molecule has 0 aliphatic heterocycles. The first-order chi connectivity index (χ1) is 7.36. The number of hydrogen-bond acceptors (Lipinski definition) is 2. The Morgan fingerprint density at radius 1 is 1.12 bits per heavy atom. The van der Waals surface area contributed by atoms with Crippen LogP contribution in [0.1, 0.15) is 32.6 Å². The average Bonchev–Trinajstić information content (AvgIpc) is 2.26. The minimum atomic E-state index is -4.47. The molecule has 96 valence electrons. The summed E-state index contributed by atoms with van der Waals surface area (Å²) in [6, 6.07) is 0.337. The summed E-state index contributed by atoms with van der Waals surface area (Å²) in [4.78, 5) is 0. The van der Waals surface area contributed by atoms with Gasteiger partial charge in [0.05, 0.1) is 0 Å². The SMILES string of the molecule is CNC(C)C1CCC(C(O)C(F)(F)F)CC1. The van der Waals surface area contributed by atoms with Crippen LogP contribution in [0.3, 0.4) is 0 Å². The molecule has 1 rings (SSSR count). The number of alkyl halides is 3. The van der Waals surface area contributed by atoms with Crippen molar-refractivity contribution in [2.24, 2.45) is 11.8 Å². The fourth-order valence-electron chi connectivity index (χ4n) is 2.46. The van der Waals surface area contributed by atoms with Crippen molar-refractivity contribution in [1.29, 1.82) is 0 Å². The van der Waals surface area contributed by atoms with Gasteiger partial charge < -0.3 is 10.4 Å². The van der Waals surface area contributed by atoms with Gasteiger partial charge in [-0.3, -0.25) is 0 Å². The lowest BCUT2D eigenvalue weighted by Crippen LogP contribution is -2.40. The third-order valence-electron chi connectivity index (χ3n) is 3.76. The Bertz CT molecular complexity index is 212. The van der Waals surface area contributed by atoms with Crippen LogP contribution in [0.25, 0.3) is 0 Å². The van der Waals surface area contributed by atoms with Crippen molar-refractivity contribution in [2.75, 3.05) is 7.05 Å². The smallest absolute Gasteiger partial charge is 0.383 e. The Labute approximate surface area is 94.2 Å². The highest BCUT2D eigenvalue weighted by Crippen LogP contribution is 2.37. The minimum Gasteiger partial charge on any atom is -0.383 e. The van der Waals surface area contributed by atoms with E-state index in [1.807, 2.05) is 14.0 Å². The molecule has 0 saturated heterocycles. The van der Waals surface area contributed by atoms with E-state index in [1.54, 1.807) is 0 Å².